The maximum atomic E-state index is 14.9. The van der Waals surface area contributed by atoms with Crippen LogP contribution in [-0.2, 0) is 19.0 Å². The van der Waals surface area contributed by atoms with E-state index in [1.807, 2.05) is 6.26 Å². The quantitative estimate of drug-likeness (QED) is 0.234. The fraction of sp³-hybridized carbons (Fsp3) is 0.360. The number of fused-ring (bicyclic) bond motifs is 1. The molecule has 3 heterocycles. The summed E-state index contributed by atoms with van der Waals surface area (Å²) >= 11 is 0. The summed E-state index contributed by atoms with van der Waals surface area (Å²) in [6.07, 6.45) is 4.17. The second kappa shape index (κ2) is 11.0. The Morgan fingerprint density at radius 3 is 2.76 bits per heavy atom. The second-order valence-corrected chi connectivity index (χ2v) is 10.4. The third kappa shape index (κ3) is 5.99. The Morgan fingerprint density at radius 1 is 1.32 bits per heavy atom. The normalized spacial score (nSPS) is 17.5. The number of ether oxygens (including phenoxy) is 3. The number of benzene rings is 1. The number of pyridine rings is 1. The topological polar surface area (TPSA) is 121 Å². The van der Waals surface area contributed by atoms with Gasteiger partial charge in [-0.15, -0.1) is 0 Å². The molecule has 10 nitrogen and oxygen atoms in total. The highest BCUT2D eigenvalue weighted by Crippen LogP contribution is 2.36. The van der Waals surface area contributed by atoms with Gasteiger partial charge in [0, 0.05) is 17.3 Å². The van der Waals surface area contributed by atoms with Crippen molar-refractivity contribution in [3.8, 4) is 0 Å². The molecular formula is C25H28FN3O7S. The summed E-state index contributed by atoms with van der Waals surface area (Å²) in [6, 6.07) is 4.65. The molecule has 37 heavy (non-hydrogen) atoms. The van der Waals surface area contributed by atoms with Crippen molar-refractivity contribution in [2.75, 3.05) is 31.4 Å². The van der Waals surface area contributed by atoms with Crippen molar-refractivity contribution in [1.29, 1.82) is 0 Å². The molecule has 12 heteroatoms. The predicted octanol–water partition coefficient (Wildman–Crippen LogP) is 4.39. The molecule has 0 spiro atoms. The summed E-state index contributed by atoms with van der Waals surface area (Å²) in [5.74, 6) is 0.957. The smallest absolute Gasteiger partial charge is 0.343 e. The zero-order chi connectivity index (χ0) is 26.7. The monoisotopic (exact) mass is 533 g/mol. The van der Waals surface area contributed by atoms with E-state index in [0.29, 0.717) is 6.61 Å². The first kappa shape index (κ1) is 26.7. The average Bonchev–Trinajstić information content (AvgIpc) is 3.39. The number of carbonyl (C=O) groups is 2. The Labute approximate surface area is 215 Å². The van der Waals surface area contributed by atoms with Crippen LogP contribution < -0.4 is 10.8 Å². The van der Waals surface area contributed by atoms with E-state index in [1.165, 1.54) is 24.5 Å². The van der Waals surface area contributed by atoms with Crippen molar-refractivity contribution < 1.29 is 37.4 Å². The summed E-state index contributed by atoms with van der Waals surface area (Å²) in [6.45, 7) is 5.67. The summed E-state index contributed by atoms with van der Waals surface area (Å²) < 4.78 is 36.9. The highest BCUT2D eigenvalue weighted by Gasteiger charge is 2.33. The Kier molecular flexibility index (Phi) is 7.93. The summed E-state index contributed by atoms with van der Waals surface area (Å²) in [5, 5.41) is 3.19. The molecule has 2 aromatic heterocycles. The lowest BCUT2D eigenvalue weighted by atomic mass is 10.2. The van der Waals surface area contributed by atoms with Crippen LogP contribution in [0, 0.1) is 5.82 Å². The SMILES string of the molecule is C=S(C)c1ccc(Nc2c(C(=O)NOC[C@H]3COC(C)(C)O3)oc3c(C(=O)OCC)cncc23)c(F)c1. The van der Waals surface area contributed by atoms with Gasteiger partial charge in [0.1, 0.15) is 29.8 Å². The molecular weight excluding hydrogens is 505 g/mol. The van der Waals surface area contributed by atoms with Crippen LogP contribution in [-0.4, -0.2) is 60.7 Å². The summed E-state index contributed by atoms with van der Waals surface area (Å²) in [5.41, 5.74) is 2.58. The van der Waals surface area contributed by atoms with Crippen LogP contribution in [0.3, 0.4) is 0 Å². The van der Waals surface area contributed by atoms with E-state index in [0.717, 1.165) is 4.90 Å². The van der Waals surface area contributed by atoms with Gasteiger partial charge >= 0.3 is 11.9 Å². The molecule has 3 aromatic rings. The van der Waals surface area contributed by atoms with E-state index in [9.17, 15) is 14.0 Å². The molecule has 0 saturated carbocycles. The van der Waals surface area contributed by atoms with E-state index >= 15 is 0 Å². The average molecular weight is 534 g/mol. The number of halogens is 1. The Hall–Kier alpha value is -3.32. The van der Waals surface area contributed by atoms with Gasteiger partial charge in [-0.25, -0.2) is 14.7 Å². The van der Waals surface area contributed by atoms with Gasteiger partial charge in [-0.3, -0.25) is 14.6 Å². The second-order valence-electron chi connectivity index (χ2n) is 8.69. The van der Waals surface area contributed by atoms with Crippen LogP contribution in [0.4, 0.5) is 15.8 Å². The fourth-order valence-corrected chi connectivity index (χ4v) is 4.30. The summed E-state index contributed by atoms with van der Waals surface area (Å²) in [7, 11) is -0.388. The van der Waals surface area contributed by atoms with Crippen molar-refractivity contribution >= 4 is 50.6 Å². The highest BCUT2D eigenvalue weighted by molar-refractivity contribution is 8.13. The molecule has 2 N–H and O–H groups in total. The van der Waals surface area contributed by atoms with E-state index in [1.54, 1.807) is 26.8 Å². The number of nitrogens with zero attached hydrogens (tertiary/aromatic N) is 1. The third-order valence-corrected chi connectivity index (χ3v) is 6.46. The number of furan rings is 1. The van der Waals surface area contributed by atoms with Crippen LogP contribution in [0.1, 0.15) is 41.7 Å². The van der Waals surface area contributed by atoms with Gasteiger partial charge in [0.2, 0.25) is 5.76 Å². The number of anilines is 2. The van der Waals surface area contributed by atoms with Gasteiger partial charge in [0.05, 0.1) is 24.3 Å². The van der Waals surface area contributed by atoms with E-state index in [2.05, 4.69) is 21.7 Å². The molecule has 1 aliphatic heterocycles. The number of amides is 1. The number of rotatable bonds is 9. The zero-order valence-electron chi connectivity index (χ0n) is 20.9. The molecule has 0 aliphatic carbocycles. The Balaban J connectivity index is 1.66. The van der Waals surface area contributed by atoms with Crippen LogP contribution in [0.2, 0.25) is 0 Å². The summed E-state index contributed by atoms with van der Waals surface area (Å²) in [4.78, 5) is 35.7. The van der Waals surface area contributed by atoms with E-state index in [4.69, 9.17) is 23.5 Å². The molecule has 2 atom stereocenters. The zero-order valence-corrected chi connectivity index (χ0v) is 21.7. The number of carbonyl (C=O) groups excluding carboxylic acids is 2. The molecule has 198 valence electrons. The Bertz CT molecular complexity index is 1360. The van der Waals surface area contributed by atoms with Crippen molar-refractivity contribution in [3.05, 3.63) is 47.7 Å². The molecule has 0 bridgehead atoms. The van der Waals surface area contributed by atoms with Gasteiger partial charge in [0.25, 0.3) is 0 Å². The molecule has 0 radical (unpaired) electrons. The number of hydrogen-bond donors (Lipinski definition) is 2. The lowest BCUT2D eigenvalue weighted by molar-refractivity contribution is -0.147. The lowest BCUT2D eigenvalue weighted by Gasteiger charge is -2.17. The fourth-order valence-electron chi connectivity index (χ4n) is 3.69. The minimum Gasteiger partial charge on any atom is -0.462 e. The van der Waals surface area contributed by atoms with Crippen molar-refractivity contribution in [2.24, 2.45) is 0 Å². The molecule has 1 saturated heterocycles. The van der Waals surface area contributed by atoms with Crippen LogP contribution >= 0.6 is 10.5 Å². The van der Waals surface area contributed by atoms with Gasteiger partial charge in [-0.1, -0.05) is 5.87 Å². The Morgan fingerprint density at radius 2 is 2.11 bits per heavy atom. The number of hydrogen-bond acceptors (Lipinski definition) is 9. The van der Waals surface area contributed by atoms with Crippen LogP contribution in [0.15, 0.2) is 39.9 Å². The van der Waals surface area contributed by atoms with Crippen LogP contribution in [0.25, 0.3) is 11.0 Å². The van der Waals surface area contributed by atoms with E-state index < -0.39 is 23.5 Å². The number of nitrogens with one attached hydrogen (secondary N) is 2. The van der Waals surface area contributed by atoms with Crippen molar-refractivity contribution in [1.82, 2.24) is 10.5 Å². The van der Waals surface area contributed by atoms with Gasteiger partial charge in [-0.05, 0) is 45.2 Å². The molecule has 1 fully saturated rings. The standard InChI is InChI=1S/C25H28FN3O7S/c1-6-32-24(31)17-11-27-10-16-20(28-19-8-7-15(37(4)5)9-18(19)26)22(35-21(16)17)23(30)29-34-13-14-12-33-25(2,3)36-14/h7-11,14,28H,4,6,12-13H2,1-3,5H3,(H,29,30)/t14-,37?/m1/s1. The first-order chi connectivity index (χ1) is 17.6. The van der Waals surface area contributed by atoms with Crippen LogP contribution in [0.5, 0.6) is 0 Å². The van der Waals surface area contributed by atoms with Gasteiger partial charge in [-0.2, -0.15) is 10.5 Å². The number of aromatic nitrogens is 1. The first-order valence-corrected chi connectivity index (χ1v) is 13.2. The van der Waals surface area contributed by atoms with Gasteiger partial charge < -0.3 is 23.9 Å². The lowest BCUT2D eigenvalue weighted by Crippen LogP contribution is -2.30. The third-order valence-electron chi connectivity index (χ3n) is 5.40. The number of esters is 1. The maximum absolute atomic E-state index is 14.9. The minimum atomic E-state index is -0.767. The maximum Gasteiger partial charge on any atom is 0.343 e. The molecule has 4 rings (SSSR count). The number of hydroxylamine groups is 1. The van der Waals surface area contributed by atoms with Crippen molar-refractivity contribution in [3.63, 3.8) is 0 Å². The highest BCUT2D eigenvalue weighted by atomic mass is 32.2. The van der Waals surface area contributed by atoms with Crippen molar-refractivity contribution in [2.45, 2.75) is 37.6 Å². The van der Waals surface area contributed by atoms with Gasteiger partial charge in [0.15, 0.2) is 11.4 Å². The minimum absolute atomic E-state index is 0.0176. The first-order valence-electron chi connectivity index (χ1n) is 11.4. The largest absolute Gasteiger partial charge is 0.462 e. The molecule has 1 aromatic carbocycles. The molecule has 1 aliphatic rings. The van der Waals surface area contributed by atoms with E-state index in [-0.39, 0.29) is 63.5 Å². The predicted molar refractivity (Wildman–Crippen MR) is 137 cm³/mol. The molecule has 1 unspecified atom stereocenters. The molecule has 1 amide bonds.